The van der Waals surface area contributed by atoms with Crippen molar-refractivity contribution in [3.8, 4) is 0 Å². The molecule has 1 aliphatic carbocycles. The smallest absolute Gasteiger partial charge is 0.164 e. The van der Waals surface area contributed by atoms with E-state index in [2.05, 4.69) is 25.6 Å². The zero-order valence-corrected chi connectivity index (χ0v) is 19.5. The molecule has 0 unspecified atom stereocenters. The second-order valence-corrected chi connectivity index (χ2v) is 9.63. The summed E-state index contributed by atoms with van der Waals surface area (Å²) in [5.41, 5.74) is 8.87. The molecular weight excluding hydrogens is 457 g/mol. The maximum Gasteiger partial charge on any atom is 0.164 e. The van der Waals surface area contributed by atoms with E-state index >= 15 is 0 Å². The molecule has 1 fully saturated rings. The van der Waals surface area contributed by atoms with Crippen LogP contribution >= 0.6 is 11.6 Å². The number of aryl methyl sites for hydroxylation is 1. The fourth-order valence-corrected chi connectivity index (χ4v) is 5.41. The maximum atomic E-state index is 14.5. The minimum absolute atomic E-state index is 0.108. The van der Waals surface area contributed by atoms with Gasteiger partial charge in [0.1, 0.15) is 35.8 Å². The second kappa shape index (κ2) is 7.73. The molecule has 4 aromatic rings. The van der Waals surface area contributed by atoms with Gasteiger partial charge in [-0.05, 0) is 56.0 Å². The standard InChI is InChI=1S/C25H23ClFN5O2/c1-25(2)33-21-14(4-3-13-9-18(26)20(27)15-5-7-29-11-17(13)15)10-19(22(21)34-25)32-8-6-16-23(28)30-12-31-24(16)32/h5-12,19,21-22H,3-4H2,1-2H3,(H2,28,30,31)/t19-,21-,22+/m1/s1. The molecule has 6 rings (SSSR count). The molecule has 1 aliphatic heterocycles. The topological polar surface area (TPSA) is 88.1 Å². The SMILES string of the molecule is CC1(C)O[C@@H]2[C@H](O1)C(CCc1cc(Cl)c(F)c3ccncc13)=C[C@H]2n1ccc2c(N)ncnc21. The van der Waals surface area contributed by atoms with E-state index in [1.54, 1.807) is 24.5 Å². The number of fused-ring (bicyclic) bond motifs is 3. The Balaban J connectivity index is 1.36. The van der Waals surface area contributed by atoms with Crippen molar-refractivity contribution in [1.82, 2.24) is 19.5 Å². The van der Waals surface area contributed by atoms with E-state index in [1.165, 1.54) is 6.33 Å². The molecular formula is C25H23ClFN5O2. The highest BCUT2D eigenvalue weighted by molar-refractivity contribution is 6.31. The van der Waals surface area contributed by atoms with Gasteiger partial charge in [-0.2, -0.15) is 0 Å². The molecule has 7 nitrogen and oxygen atoms in total. The van der Waals surface area contributed by atoms with Crippen molar-refractivity contribution in [2.45, 2.75) is 50.7 Å². The molecule has 0 amide bonds. The molecule has 2 aliphatic rings. The summed E-state index contributed by atoms with van der Waals surface area (Å²) in [6.07, 6.45) is 9.85. The Labute approximate surface area is 200 Å². The van der Waals surface area contributed by atoms with Gasteiger partial charge in [-0.25, -0.2) is 14.4 Å². The minimum Gasteiger partial charge on any atom is -0.383 e. The molecule has 174 valence electrons. The summed E-state index contributed by atoms with van der Waals surface area (Å²) < 4.78 is 29.2. The van der Waals surface area contributed by atoms with Crippen LogP contribution in [0.5, 0.6) is 0 Å². The first-order valence-corrected chi connectivity index (χ1v) is 11.5. The van der Waals surface area contributed by atoms with E-state index in [4.69, 9.17) is 26.8 Å². The number of benzene rings is 1. The lowest BCUT2D eigenvalue weighted by Crippen LogP contribution is -2.27. The van der Waals surface area contributed by atoms with Crippen LogP contribution in [0.4, 0.5) is 10.2 Å². The van der Waals surface area contributed by atoms with Crippen molar-refractivity contribution in [3.05, 3.63) is 71.2 Å². The van der Waals surface area contributed by atoms with Gasteiger partial charge >= 0.3 is 0 Å². The van der Waals surface area contributed by atoms with Gasteiger partial charge in [0, 0.05) is 29.4 Å². The Morgan fingerprint density at radius 1 is 1.15 bits per heavy atom. The number of nitrogen functional groups attached to an aromatic ring is 1. The third-order valence-corrected chi connectivity index (χ3v) is 6.95. The molecule has 0 radical (unpaired) electrons. The molecule has 1 saturated heterocycles. The monoisotopic (exact) mass is 479 g/mol. The van der Waals surface area contributed by atoms with E-state index in [0.29, 0.717) is 24.0 Å². The van der Waals surface area contributed by atoms with Crippen LogP contribution in [0.2, 0.25) is 5.02 Å². The van der Waals surface area contributed by atoms with Crippen molar-refractivity contribution >= 4 is 39.2 Å². The average Bonchev–Trinajstić information content (AvgIpc) is 3.47. The van der Waals surface area contributed by atoms with E-state index in [9.17, 15) is 4.39 Å². The lowest BCUT2D eigenvalue weighted by Gasteiger charge is -2.22. The fourth-order valence-electron chi connectivity index (χ4n) is 5.18. The molecule has 0 spiro atoms. The Kier molecular flexibility index (Phi) is 4.88. The predicted molar refractivity (Wildman–Crippen MR) is 128 cm³/mol. The Morgan fingerprint density at radius 2 is 2.00 bits per heavy atom. The van der Waals surface area contributed by atoms with Gasteiger partial charge in [-0.15, -0.1) is 0 Å². The van der Waals surface area contributed by atoms with Crippen LogP contribution in [-0.2, 0) is 15.9 Å². The number of nitrogens with two attached hydrogens (primary N) is 1. The second-order valence-electron chi connectivity index (χ2n) is 9.22. The zero-order chi connectivity index (χ0) is 23.6. The van der Waals surface area contributed by atoms with Crippen molar-refractivity contribution < 1.29 is 13.9 Å². The van der Waals surface area contributed by atoms with Crippen molar-refractivity contribution in [1.29, 1.82) is 0 Å². The molecule has 3 aromatic heterocycles. The van der Waals surface area contributed by atoms with Crippen molar-refractivity contribution in [2.75, 3.05) is 5.73 Å². The number of aromatic nitrogens is 4. The van der Waals surface area contributed by atoms with Gasteiger partial charge in [0.15, 0.2) is 5.79 Å². The first-order chi connectivity index (χ1) is 16.3. The number of pyridine rings is 1. The number of halogens is 2. The molecule has 4 heterocycles. The fraction of sp³-hybridized carbons (Fsp3) is 0.320. The Hall–Kier alpha value is -3.07. The van der Waals surface area contributed by atoms with Gasteiger partial charge in [-0.3, -0.25) is 4.98 Å². The normalized spacial score (nSPS) is 23.5. The first kappa shape index (κ1) is 21.5. The van der Waals surface area contributed by atoms with Gasteiger partial charge < -0.3 is 19.8 Å². The molecule has 0 bridgehead atoms. The van der Waals surface area contributed by atoms with Crippen LogP contribution in [0.1, 0.15) is 31.9 Å². The predicted octanol–water partition coefficient (Wildman–Crippen LogP) is 4.99. The van der Waals surface area contributed by atoms with Crippen LogP contribution in [0.25, 0.3) is 21.8 Å². The molecule has 2 N–H and O–H groups in total. The van der Waals surface area contributed by atoms with Crippen LogP contribution < -0.4 is 5.73 Å². The number of hydrogen-bond acceptors (Lipinski definition) is 6. The van der Waals surface area contributed by atoms with E-state index in [-0.39, 0.29) is 23.3 Å². The van der Waals surface area contributed by atoms with Crippen LogP contribution in [0.3, 0.4) is 0 Å². The largest absolute Gasteiger partial charge is 0.383 e. The van der Waals surface area contributed by atoms with Crippen molar-refractivity contribution in [3.63, 3.8) is 0 Å². The van der Waals surface area contributed by atoms with E-state index < -0.39 is 11.6 Å². The molecule has 0 saturated carbocycles. The number of anilines is 1. The highest BCUT2D eigenvalue weighted by atomic mass is 35.5. The van der Waals surface area contributed by atoms with Gasteiger partial charge in [0.25, 0.3) is 0 Å². The average molecular weight is 480 g/mol. The van der Waals surface area contributed by atoms with Gasteiger partial charge in [0.05, 0.1) is 16.5 Å². The molecule has 3 atom stereocenters. The minimum atomic E-state index is -0.708. The van der Waals surface area contributed by atoms with Crippen molar-refractivity contribution in [2.24, 2.45) is 0 Å². The maximum absolute atomic E-state index is 14.5. The summed E-state index contributed by atoms with van der Waals surface area (Å²) >= 11 is 6.19. The summed E-state index contributed by atoms with van der Waals surface area (Å²) in [6.45, 7) is 3.85. The summed E-state index contributed by atoms with van der Waals surface area (Å²) in [5, 5.41) is 2.16. The third kappa shape index (κ3) is 3.36. The highest BCUT2D eigenvalue weighted by Crippen LogP contribution is 2.45. The third-order valence-electron chi connectivity index (χ3n) is 6.67. The molecule has 9 heteroatoms. The first-order valence-electron chi connectivity index (χ1n) is 11.2. The highest BCUT2D eigenvalue weighted by Gasteiger charge is 2.50. The number of nitrogens with zero attached hydrogens (tertiary/aromatic N) is 4. The Morgan fingerprint density at radius 3 is 2.85 bits per heavy atom. The van der Waals surface area contributed by atoms with Crippen LogP contribution in [-0.4, -0.2) is 37.5 Å². The van der Waals surface area contributed by atoms with Crippen LogP contribution in [0.15, 0.2) is 54.8 Å². The lowest BCUT2D eigenvalue weighted by molar-refractivity contribution is -0.147. The number of ether oxygens (including phenoxy) is 2. The summed E-state index contributed by atoms with van der Waals surface area (Å²) in [5.74, 6) is -0.682. The summed E-state index contributed by atoms with van der Waals surface area (Å²) in [4.78, 5) is 12.7. The summed E-state index contributed by atoms with van der Waals surface area (Å²) in [6, 6.07) is 5.16. The summed E-state index contributed by atoms with van der Waals surface area (Å²) in [7, 11) is 0. The van der Waals surface area contributed by atoms with Crippen LogP contribution in [0, 0.1) is 5.82 Å². The number of hydrogen-bond donors (Lipinski definition) is 1. The van der Waals surface area contributed by atoms with E-state index in [0.717, 1.165) is 27.6 Å². The molecule has 34 heavy (non-hydrogen) atoms. The van der Waals surface area contributed by atoms with E-state index in [1.807, 2.05) is 26.1 Å². The van der Waals surface area contributed by atoms with Gasteiger partial charge in [0.2, 0.25) is 0 Å². The number of rotatable bonds is 4. The molecule has 1 aromatic carbocycles. The Bertz CT molecular complexity index is 1470. The van der Waals surface area contributed by atoms with Gasteiger partial charge in [-0.1, -0.05) is 17.7 Å². The lowest BCUT2D eigenvalue weighted by atomic mass is 9.98. The zero-order valence-electron chi connectivity index (χ0n) is 18.7. The quantitative estimate of drug-likeness (QED) is 0.415.